The van der Waals surface area contributed by atoms with Crippen molar-refractivity contribution in [1.29, 1.82) is 0 Å². The summed E-state index contributed by atoms with van der Waals surface area (Å²) >= 11 is 6.41. The minimum Gasteiger partial charge on any atom is -0.207 e. The summed E-state index contributed by atoms with van der Waals surface area (Å²) in [5, 5.41) is 0. The Morgan fingerprint density at radius 2 is 1.94 bits per heavy atom. The normalized spacial score (nSPS) is 14.6. The Balaban J connectivity index is 3.15. The van der Waals surface area contributed by atoms with Crippen LogP contribution >= 0.6 is 31.9 Å². The van der Waals surface area contributed by atoms with E-state index >= 15 is 0 Å². The molecular formula is C11H14Br2FNO2S. The van der Waals surface area contributed by atoms with Crippen LogP contribution in [0.5, 0.6) is 0 Å². The van der Waals surface area contributed by atoms with E-state index in [-0.39, 0.29) is 9.72 Å². The summed E-state index contributed by atoms with van der Waals surface area (Å²) in [6.07, 6.45) is 0. The van der Waals surface area contributed by atoms with E-state index in [1.54, 1.807) is 13.8 Å². The molecule has 0 saturated heterocycles. The molecule has 0 aliphatic heterocycles. The van der Waals surface area contributed by atoms with Crippen LogP contribution in [-0.4, -0.2) is 18.8 Å². The van der Waals surface area contributed by atoms with E-state index in [4.69, 9.17) is 0 Å². The van der Waals surface area contributed by atoms with Crippen LogP contribution in [-0.2, 0) is 10.0 Å². The van der Waals surface area contributed by atoms with Crippen LogP contribution in [0.15, 0.2) is 27.6 Å². The third-order valence-electron chi connectivity index (χ3n) is 2.58. The number of nitrogens with one attached hydrogen (secondary N) is 1. The average Bonchev–Trinajstić information content (AvgIpc) is 2.14. The number of sulfonamides is 1. The van der Waals surface area contributed by atoms with E-state index in [1.807, 2.05) is 6.92 Å². The maximum absolute atomic E-state index is 13.7. The molecule has 1 unspecified atom stereocenters. The average molecular weight is 403 g/mol. The molecule has 102 valence electrons. The molecule has 0 spiro atoms. The van der Waals surface area contributed by atoms with Gasteiger partial charge in [0.1, 0.15) is 10.7 Å². The van der Waals surface area contributed by atoms with Gasteiger partial charge in [-0.1, -0.05) is 38.8 Å². The molecule has 0 bridgehead atoms. The van der Waals surface area contributed by atoms with Crippen molar-refractivity contribution in [3.63, 3.8) is 0 Å². The highest BCUT2D eigenvalue weighted by atomic mass is 79.9. The van der Waals surface area contributed by atoms with Gasteiger partial charge < -0.3 is 0 Å². The van der Waals surface area contributed by atoms with E-state index < -0.39 is 21.4 Å². The second kappa shape index (κ2) is 5.56. The molecule has 1 aromatic rings. The number of halogens is 3. The molecule has 1 rings (SSSR count). The Morgan fingerprint density at radius 3 is 2.39 bits per heavy atom. The molecule has 0 aliphatic carbocycles. The van der Waals surface area contributed by atoms with Crippen molar-refractivity contribution >= 4 is 41.9 Å². The Kier molecular flexibility index (Phi) is 4.97. The highest BCUT2D eigenvalue weighted by Crippen LogP contribution is 2.23. The molecule has 1 atom stereocenters. The molecule has 1 aromatic carbocycles. The van der Waals surface area contributed by atoms with Crippen LogP contribution in [0, 0.1) is 5.82 Å². The Bertz CT molecular complexity index is 544. The third kappa shape index (κ3) is 3.76. The van der Waals surface area contributed by atoms with Crippen molar-refractivity contribution in [2.24, 2.45) is 0 Å². The van der Waals surface area contributed by atoms with Gasteiger partial charge in [0, 0.05) is 14.8 Å². The largest absolute Gasteiger partial charge is 0.244 e. The molecule has 0 aromatic heterocycles. The molecule has 0 aliphatic rings. The summed E-state index contributed by atoms with van der Waals surface area (Å²) in [6, 6.07) is 3.85. The van der Waals surface area contributed by atoms with Crippen LogP contribution in [0.1, 0.15) is 20.8 Å². The maximum atomic E-state index is 13.7. The lowest BCUT2D eigenvalue weighted by atomic mass is 10.0. The number of hydrogen-bond donors (Lipinski definition) is 1. The van der Waals surface area contributed by atoms with Gasteiger partial charge in [0.2, 0.25) is 10.0 Å². The molecule has 0 radical (unpaired) electrons. The smallest absolute Gasteiger partial charge is 0.207 e. The highest BCUT2D eigenvalue weighted by molar-refractivity contribution is 9.10. The minimum atomic E-state index is -3.89. The van der Waals surface area contributed by atoms with Gasteiger partial charge in [-0.2, -0.15) is 0 Å². The van der Waals surface area contributed by atoms with Gasteiger partial charge >= 0.3 is 0 Å². The number of alkyl halides is 1. The maximum Gasteiger partial charge on any atom is 0.244 e. The van der Waals surface area contributed by atoms with Crippen LogP contribution < -0.4 is 4.72 Å². The van der Waals surface area contributed by atoms with Gasteiger partial charge in [-0.3, -0.25) is 0 Å². The summed E-state index contributed by atoms with van der Waals surface area (Å²) in [4.78, 5) is -0.454. The van der Waals surface area contributed by atoms with Gasteiger partial charge in [0.25, 0.3) is 0 Å². The fourth-order valence-electron chi connectivity index (χ4n) is 1.18. The zero-order chi connectivity index (χ0) is 14.1. The lowest BCUT2D eigenvalue weighted by Gasteiger charge is -2.28. The number of benzene rings is 1. The van der Waals surface area contributed by atoms with E-state index in [0.717, 1.165) is 6.07 Å². The summed E-state index contributed by atoms with van der Waals surface area (Å²) in [7, 11) is -3.89. The summed E-state index contributed by atoms with van der Waals surface area (Å²) < 4.78 is 40.8. The van der Waals surface area contributed by atoms with Crippen LogP contribution in [0.3, 0.4) is 0 Å². The van der Waals surface area contributed by atoms with Crippen molar-refractivity contribution in [2.75, 3.05) is 0 Å². The molecule has 3 nitrogen and oxygen atoms in total. The standard InChI is InChI=1S/C11H14Br2FNO2S/c1-7(12)11(2,3)15-18(16,17)10-5-4-8(13)6-9(10)14/h4-7,15H,1-3H3. The second-order valence-corrected chi connectivity index (χ2v) is 8.46. The molecule has 0 heterocycles. The first kappa shape index (κ1) is 16.1. The number of hydrogen-bond acceptors (Lipinski definition) is 2. The Labute approximate surface area is 123 Å². The van der Waals surface area contributed by atoms with Gasteiger partial charge in [-0.15, -0.1) is 0 Å². The summed E-state index contributed by atoms with van der Waals surface area (Å²) in [5.74, 6) is -0.782. The van der Waals surface area contributed by atoms with E-state index in [0.29, 0.717) is 4.47 Å². The monoisotopic (exact) mass is 401 g/mol. The predicted molar refractivity (Wildman–Crippen MR) is 76.9 cm³/mol. The van der Waals surface area contributed by atoms with Crippen LogP contribution in [0.4, 0.5) is 4.39 Å². The van der Waals surface area contributed by atoms with E-state index in [9.17, 15) is 12.8 Å². The van der Waals surface area contributed by atoms with Crippen molar-refractivity contribution < 1.29 is 12.8 Å². The quantitative estimate of drug-likeness (QED) is 0.784. The first-order valence-corrected chi connectivity index (χ1v) is 8.38. The van der Waals surface area contributed by atoms with Crippen molar-refractivity contribution in [2.45, 2.75) is 36.0 Å². The number of rotatable bonds is 4. The van der Waals surface area contributed by atoms with Crippen molar-refractivity contribution in [3.05, 3.63) is 28.5 Å². The lowest BCUT2D eigenvalue weighted by Crippen LogP contribution is -2.48. The van der Waals surface area contributed by atoms with Gasteiger partial charge in [-0.05, 0) is 32.0 Å². The first-order valence-electron chi connectivity index (χ1n) is 5.19. The molecule has 0 amide bonds. The molecule has 7 heteroatoms. The molecule has 18 heavy (non-hydrogen) atoms. The molecule has 1 N–H and O–H groups in total. The SMILES string of the molecule is CC(Br)C(C)(C)NS(=O)(=O)c1ccc(Br)cc1F. The van der Waals surface area contributed by atoms with Crippen molar-refractivity contribution in [1.82, 2.24) is 4.72 Å². The topological polar surface area (TPSA) is 46.2 Å². The molecular weight excluding hydrogens is 389 g/mol. The van der Waals surface area contributed by atoms with E-state index in [1.165, 1.54) is 12.1 Å². The fraction of sp³-hybridized carbons (Fsp3) is 0.455. The lowest BCUT2D eigenvalue weighted by molar-refractivity contribution is 0.451. The highest BCUT2D eigenvalue weighted by Gasteiger charge is 2.31. The molecule has 0 fully saturated rings. The van der Waals surface area contributed by atoms with E-state index in [2.05, 4.69) is 36.6 Å². The second-order valence-electron chi connectivity index (χ2n) is 4.52. The summed E-state index contributed by atoms with van der Waals surface area (Å²) in [6.45, 7) is 5.27. The van der Waals surface area contributed by atoms with Gasteiger partial charge in [-0.25, -0.2) is 17.5 Å². The zero-order valence-corrected chi connectivity index (χ0v) is 14.2. The Morgan fingerprint density at radius 1 is 1.39 bits per heavy atom. The minimum absolute atomic E-state index is 0.0988. The third-order valence-corrected chi connectivity index (χ3v) is 5.92. The molecule has 0 saturated carbocycles. The predicted octanol–water partition coefficient (Wildman–Crippen LogP) is 3.43. The zero-order valence-electron chi connectivity index (χ0n) is 10.2. The Hall–Kier alpha value is 0.0200. The van der Waals surface area contributed by atoms with Crippen molar-refractivity contribution in [3.8, 4) is 0 Å². The van der Waals surface area contributed by atoms with Gasteiger partial charge in [0.15, 0.2) is 0 Å². The fourth-order valence-corrected chi connectivity index (χ4v) is 3.32. The van der Waals surface area contributed by atoms with Gasteiger partial charge in [0.05, 0.1) is 0 Å². The van der Waals surface area contributed by atoms with Crippen LogP contribution in [0.25, 0.3) is 0 Å². The summed E-state index contributed by atoms with van der Waals surface area (Å²) in [5.41, 5.74) is -0.724. The first-order chi connectivity index (χ1) is 8.06. The van der Waals surface area contributed by atoms with Crippen LogP contribution in [0.2, 0.25) is 0 Å².